The fourth-order valence-corrected chi connectivity index (χ4v) is 3.31. The summed E-state index contributed by atoms with van der Waals surface area (Å²) < 4.78 is 5.84. The lowest BCUT2D eigenvalue weighted by molar-refractivity contribution is 0.0196. The van der Waals surface area contributed by atoms with Crippen LogP contribution in [0.15, 0.2) is 24.3 Å². The zero-order valence-electron chi connectivity index (χ0n) is 11.0. The van der Waals surface area contributed by atoms with Crippen molar-refractivity contribution in [3.63, 3.8) is 0 Å². The Labute approximate surface area is 116 Å². The normalized spacial score (nSPS) is 22.3. The van der Waals surface area contributed by atoms with Gasteiger partial charge in [-0.1, -0.05) is 31.2 Å². The molecule has 0 amide bonds. The van der Waals surface area contributed by atoms with Crippen LogP contribution in [0.2, 0.25) is 0 Å². The van der Waals surface area contributed by atoms with Crippen molar-refractivity contribution in [1.29, 1.82) is 0 Å². The highest BCUT2D eigenvalue weighted by Gasteiger charge is 2.39. The van der Waals surface area contributed by atoms with Gasteiger partial charge in [-0.25, -0.2) is 0 Å². The van der Waals surface area contributed by atoms with E-state index >= 15 is 0 Å². The van der Waals surface area contributed by atoms with Crippen LogP contribution < -0.4 is 0 Å². The van der Waals surface area contributed by atoms with Gasteiger partial charge in [0.1, 0.15) is 0 Å². The third-order valence-corrected chi connectivity index (χ3v) is 4.49. The second-order valence-electron chi connectivity index (χ2n) is 5.36. The summed E-state index contributed by atoms with van der Waals surface area (Å²) in [6, 6.07) is 8.85. The van der Waals surface area contributed by atoms with Gasteiger partial charge in [-0.3, -0.25) is 0 Å². The SMILES string of the molecule is CCN1CCC2(CC1)COCc1ccccc12.Cl. The monoisotopic (exact) mass is 267 g/mol. The van der Waals surface area contributed by atoms with Gasteiger partial charge in [-0.15, -0.1) is 12.4 Å². The first-order valence-electron chi connectivity index (χ1n) is 6.72. The van der Waals surface area contributed by atoms with Crippen LogP contribution in [0.4, 0.5) is 0 Å². The third-order valence-electron chi connectivity index (χ3n) is 4.49. The summed E-state index contributed by atoms with van der Waals surface area (Å²) in [6.45, 7) is 7.58. The number of fused-ring (bicyclic) bond motifs is 2. The van der Waals surface area contributed by atoms with E-state index < -0.39 is 0 Å². The Kier molecular flexibility index (Phi) is 4.31. The van der Waals surface area contributed by atoms with E-state index in [1.807, 2.05) is 0 Å². The summed E-state index contributed by atoms with van der Waals surface area (Å²) in [5.74, 6) is 0. The minimum atomic E-state index is 0. The summed E-state index contributed by atoms with van der Waals surface area (Å²) in [4.78, 5) is 2.54. The van der Waals surface area contributed by atoms with Crippen LogP contribution in [-0.2, 0) is 16.8 Å². The maximum absolute atomic E-state index is 5.84. The molecular weight excluding hydrogens is 246 g/mol. The predicted molar refractivity (Wildman–Crippen MR) is 76.4 cm³/mol. The molecule has 1 spiro atoms. The Balaban J connectivity index is 0.00000120. The van der Waals surface area contributed by atoms with Crippen LogP contribution in [0, 0.1) is 0 Å². The molecule has 2 aliphatic heterocycles. The van der Waals surface area contributed by atoms with Crippen LogP contribution >= 0.6 is 12.4 Å². The minimum absolute atomic E-state index is 0. The van der Waals surface area contributed by atoms with Gasteiger partial charge < -0.3 is 9.64 Å². The quantitative estimate of drug-likeness (QED) is 0.776. The molecule has 2 heterocycles. The lowest BCUT2D eigenvalue weighted by atomic mass is 9.71. The van der Waals surface area contributed by atoms with E-state index in [1.165, 1.54) is 38.0 Å². The summed E-state index contributed by atoms with van der Waals surface area (Å²) in [5, 5.41) is 0. The van der Waals surface area contributed by atoms with E-state index in [0.29, 0.717) is 5.41 Å². The molecule has 1 aromatic carbocycles. The molecule has 0 bridgehead atoms. The number of piperidine rings is 1. The standard InChI is InChI=1S/C15H21NO.ClH/c1-2-16-9-7-15(8-10-16)12-17-11-13-5-3-4-6-14(13)15;/h3-6H,2,7-12H2,1H3;1H. The molecule has 0 unspecified atom stereocenters. The number of rotatable bonds is 1. The molecule has 0 radical (unpaired) electrons. The fraction of sp³-hybridized carbons (Fsp3) is 0.600. The Bertz CT molecular complexity index is 399. The fourth-order valence-electron chi connectivity index (χ4n) is 3.31. The Morgan fingerprint density at radius 3 is 2.67 bits per heavy atom. The predicted octanol–water partition coefficient (Wildman–Crippen LogP) is 2.99. The minimum Gasteiger partial charge on any atom is -0.376 e. The lowest BCUT2D eigenvalue weighted by Gasteiger charge is -2.44. The maximum Gasteiger partial charge on any atom is 0.0720 e. The van der Waals surface area contributed by atoms with Crippen LogP contribution in [-0.4, -0.2) is 31.1 Å². The summed E-state index contributed by atoms with van der Waals surface area (Å²) >= 11 is 0. The van der Waals surface area contributed by atoms with Crippen molar-refractivity contribution in [2.75, 3.05) is 26.2 Å². The van der Waals surface area contributed by atoms with Crippen molar-refractivity contribution in [2.45, 2.75) is 31.8 Å². The van der Waals surface area contributed by atoms with Gasteiger partial charge in [0.25, 0.3) is 0 Å². The molecular formula is C15H22ClNO. The zero-order valence-corrected chi connectivity index (χ0v) is 11.8. The van der Waals surface area contributed by atoms with Gasteiger partial charge in [-0.2, -0.15) is 0 Å². The van der Waals surface area contributed by atoms with Crippen molar-refractivity contribution in [1.82, 2.24) is 4.90 Å². The topological polar surface area (TPSA) is 12.5 Å². The number of hydrogen-bond donors (Lipinski definition) is 0. The average molecular weight is 268 g/mol. The van der Waals surface area contributed by atoms with E-state index in [1.54, 1.807) is 5.56 Å². The van der Waals surface area contributed by atoms with Gasteiger partial charge in [0.2, 0.25) is 0 Å². The van der Waals surface area contributed by atoms with E-state index in [2.05, 4.69) is 36.1 Å². The van der Waals surface area contributed by atoms with Crippen molar-refractivity contribution in [2.24, 2.45) is 0 Å². The van der Waals surface area contributed by atoms with E-state index in [4.69, 9.17) is 4.74 Å². The highest BCUT2D eigenvalue weighted by molar-refractivity contribution is 5.85. The van der Waals surface area contributed by atoms with Gasteiger partial charge >= 0.3 is 0 Å². The molecule has 0 atom stereocenters. The van der Waals surface area contributed by atoms with E-state index in [-0.39, 0.29) is 12.4 Å². The van der Waals surface area contributed by atoms with Gasteiger partial charge in [0.05, 0.1) is 13.2 Å². The number of benzene rings is 1. The first-order valence-corrected chi connectivity index (χ1v) is 6.72. The van der Waals surface area contributed by atoms with Crippen LogP contribution in [0.1, 0.15) is 30.9 Å². The van der Waals surface area contributed by atoms with Crippen LogP contribution in [0.3, 0.4) is 0 Å². The molecule has 1 fully saturated rings. The smallest absolute Gasteiger partial charge is 0.0720 e. The molecule has 100 valence electrons. The molecule has 1 saturated heterocycles. The molecule has 0 saturated carbocycles. The molecule has 0 aromatic heterocycles. The first-order chi connectivity index (χ1) is 8.34. The van der Waals surface area contributed by atoms with E-state index in [0.717, 1.165) is 13.2 Å². The number of nitrogens with zero attached hydrogens (tertiary/aromatic N) is 1. The number of halogens is 1. The Morgan fingerprint density at radius 2 is 1.94 bits per heavy atom. The van der Waals surface area contributed by atoms with Gasteiger partial charge in [0, 0.05) is 5.41 Å². The highest BCUT2D eigenvalue weighted by atomic mass is 35.5. The largest absolute Gasteiger partial charge is 0.376 e. The molecule has 2 aliphatic rings. The number of ether oxygens (including phenoxy) is 1. The zero-order chi connectivity index (χ0) is 11.7. The van der Waals surface area contributed by atoms with Crippen molar-refractivity contribution in [3.8, 4) is 0 Å². The van der Waals surface area contributed by atoms with Crippen molar-refractivity contribution >= 4 is 12.4 Å². The molecule has 3 rings (SSSR count). The Hall–Kier alpha value is -0.570. The van der Waals surface area contributed by atoms with E-state index in [9.17, 15) is 0 Å². The number of hydrogen-bond acceptors (Lipinski definition) is 2. The Morgan fingerprint density at radius 1 is 1.22 bits per heavy atom. The van der Waals surface area contributed by atoms with Crippen LogP contribution in [0.5, 0.6) is 0 Å². The number of likely N-dealkylation sites (tertiary alicyclic amines) is 1. The third kappa shape index (κ3) is 2.29. The summed E-state index contributed by atoms with van der Waals surface area (Å²) in [5.41, 5.74) is 3.27. The average Bonchev–Trinajstić information content (AvgIpc) is 2.40. The second-order valence-corrected chi connectivity index (χ2v) is 5.36. The van der Waals surface area contributed by atoms with Crippen LogP contribution in [0.25, 0.3) is 0 Å². The molecule has 3 heteroatoms. The van der Waals surface area contributed by atoms with Crippen molar-refractivity contribution < 1.29 is 4.74 Å². The molecule has 0 N–H and O–H groups in total. The second kappa shape index (κ2) is 5.60. The lowest BCUT2D eigenvalue weighted by Crippen LogP contribution is -2.47. The molecule has 0 aliphatic carbocycles. The molecule has 2 nitrogen and oxygen atoms in total. The molecule has 1 aromatic rings. The summed E-state index contributed by atoms with van der Waals surface area (Å²) in [6.07, 6.45) is 2.50. The summed E-state index contributed by atoms with van der Waals surface area (Å²) in [7, 11) is 0. The maximum atomic E-state index is 5.84. The van der Waals surface area contributed by atoms with Crippen molar-refractivity contribution in [3.05, 3.63) is 35.4 Å². The highest BCUT2D eigenvalue weighted by Crippen LogP contribution is 2.40. The van der Waals surface area contributed by atoms with Gasteiger partial charge in [0.15, 0.2) is 0 Å². The molecule has 18 heavy (non-hydrogen) atoms. The first kappa shape index (κ1) is 13.9. The van der Waals surface area contributed by atoms with Gasteiger partial charge in [-0.05, 0) is 43.6 Å².